The van der Waals surface area contributed by atoms with Crippen molar-refractivity contribution < 1.29 is 13.2 Å². The van der Waals surface area contributed by atoms with E-state index in [1.165, 1.54) is 0 Å². The van der Waals surface area contributed by atoms with Crippen LogP contribution in [0.15, 0.2) is 12.1 Å². The van der Waals surface area contributed by atoms with Gasteiger partial charge < -0.3 is 10.6 Å². The molecule has 0 atom stereocenters. The van der Waals surface area contributed by atoms with Crippen molar-refractivity contribution in [2.75, 3.05) is 13.1 Å². The van der Waals surface area contributed by atoms with Gasteiger partial charge in [0.2, 0.25) is 0 Å². The van der Waals surface area contributed by atoms with Gasteiger partial charge in [-0.2, -0.15) is 0 Å². The lowest BCUT2D eigenvalue weighted by Crippen LogP contribution is -2.39. The molecule has 0 aliphatic carbocycles. The van der Waals surface area contributed by atoms with Crippen LogP contribution in [0.2, 0.25) is 0 Å². The molecule has 1 aliphatic heterocycles. The lowest BCUT2D eigenvalue weighted by Gasteiger charge is -2.24. The van der Waals surface area contributed by atoms with E-state index in [4.69, 9.17) is 0 Å². The van der Waals surface area contributed by atoms with Crippen molar-refractivity contribution in [3.8, 4) is 0 Å². The van der Waals surface area contributed by atoms with Crippen molar-refractivity contribution in [3.63, 3.8) is 0 Å². The van der Waals surface area contributed by atoms with E-state index in [-0.39, 0.29) is 18.2 Å². The predicted octanol–water partition coefficient (Wildman–Crippen LogP) is 1.95. The first kappa shape index (κ1) is 12.4. The minimum Gasteiger partial charge on any atom is -0.317 e. The largest absolute Gasteiger partial charge is 0.317 e. The number of nitrogens with one attached hydrogen (secondary N) is 2. The molecule has 2 rings (SSSR count). The number of benzene rings is 1. The fourth-order valence-corrected chi connectivity index (χ4v) is 2.01. The molecule has 1 fully saturated rings. The van der Waals surface area contributed by atoms with Gasteiger partial charge in [0.05, 0.1) is 0 Å². The summed E-state index contributed by atoms with van der Waals surface area (Å²) in [5.74, 6) is -2.54. The predicted molar refractivity (Wildman–Crippen MR) is 59.0 cm³/mol. The first-order chi connectivity index (χ1) is 8.16. The molecule has 0 unspecified atom stereocenters. The second kappa shape index (κ2) is 5.51. The molecule has 94 valence electrons. The molecule has 0 aromatic heterocycles. The Labute approximate surface area is 98.2 Å². The maximum atomic E-state index is 13.3. The van der Waals surface area contributed by atoms with Gasteiger partial charge in [-0.1, -0.05) is 0 Å². The van der Waals surface area contributed by atoms with Crippen LogP contribution in [-0.4, -0.2) is 19.1 Å². The van der Waals surface area contributed by atoms with Gasteiger partial charge in [-0.25, -0.2) is 13.2 Å². The molecule has 0 saturated carbocycles. The number of piperidine rings is 1. The van der Waals surface area contributed by atoms with Crippen LogP contribution in [0.3, 0.4) is 0 Å². The van der Waals surface area contributed by atoms with Crippen LogP contribution in [-0.2, 0) is 6.54 Å². The van der Waals surface area contributed by atoms with Gasteiger partial charge in [0.1, 0.15) is 17.5 Å². The highest BCUT2D eigenvalue weighted by molar-refractivity contribution is 5.20. The third kappa shape index (κ3) is 3.20. The zero-order chi connectivity index (χ0) is 12.3. The summed E-state index contributed by atoms with van der Waals surface area (Å²) in [7, 11) is 0. The molecular formula is C12H15F3N2. The Morgan fingerprint density at radius 2 is 1.71 bits per heavy atom. The second-order valence-corrected chi connectivity index (χ2v) is 4.25. The maximum absolute atomic E-state index is 13.3. The van der Waals surface area contributed by atoms with Gasteiger partial charge in [0, 0.05) is 30.3 Å². The Morgan fingerprint density at radius 1 is 1.12 bits per heavy atom. The fraction of sp³-hybridized carbons (Fsp3) is 0.500. The molecule has 2 nitrogen and oxygen atoms in total. The molecule has 1 saturated heterocycles. The summed E-state index contributed by atoms with van der Waals surface area (Å²) < 4.78 is 39.4. The van der Waals surface area contributed by atoms with E-state index in [9.17, 15) is 13.2 Å². The maximum Gasteiger partial charge on any atom is 0.133 e. The fourth-order valence-electron chi connectivity index (χ4n) is 2.01. The lowest BCUT2D eigenvalue weighted by molar-refractivity contribution is 0.379. The van der Waals surface area contributed by atoms with E-state index >= 15 is 0 Å². The van der Waals surface area contributed by atoms with Crippen molar-refractivity contribution >= 4 is 0 Å². The van der Waals surface area contributed by atoms with Crippen molar-refractivity contribution in [2.45, 2.75) is 25.4 Å². The quantitative estimate of drug-likeness (QED) is 0.849. The zero-order valence-corrected chi connectivity index (χ0v) is 9.40. The second-order valence-electron chi connectivity index (χ2n) is 4.25. The highest BCUT2D eigenvalue weighted by Crippen LogP contribution is 2.15. The summed E-state index contributed by atoms with van der Waals surface area (Å²) in [4.78, 5) is 0. The molecule has 17 heavy (non-hydrogen) atoms. The SMILES string of the molecule is Fc1cc(F)c(CNC2CCNCC2)c(F)c1. The Kier molecular flexibility index (Phi) is 4.02. The first-order valence-corrected chi connectivity index (χ1v) is 5.74. The highest BCUT2D eigenvalue weighted by atomic mass is 19.1. The van der Waals surface area contributed by atoms with E-state index in [2.05, 4.69) is 10.6 Å². The minimum absolute atomic E-state index is 0.0927. The summed E-state index contributed by atoms with van der Waals surface area (Å²) in [5, 5.41) is 6.30. The van der Waals surface area contributed by atoms with Crippen LogP contribution < -0.4 is 10.6 Å². The Morgan fingerprint density at radius 3 is 2.29 bits per heavy atom. The molecule has 0 bridgehead atoms. The molecule has 1 heterocycles. The monoisotopic (exact) mass is 244 g/mol. The highest BCUT2D eigenvalue weighted by Gasteiger charge is 2.15. The van der Waals surface area contributed by atoms with Gasteiger partial charge >= 0.3 is 0 Å². The van der Waals surface area contributed by atoms with Crippen LogP contribution in [0.4, 0.5) is 13.2 Å². The van der Waals surface area contributed by atoms with Gasteiger partial charge in [-0.3, -0.25) is 0 Å². The van der Waals surface area contributed by atoms with E-state index in [0.717, 1.165) is 25.9 Å². The zero-order valence-electron chi connectivity index (χ0n) is 9.40. The molecule has 2 N–H and O–H groups in total. The molecule has 1 aromatic carbocycles. The van der Waals surface area contributed by atoms with Crippen LogP contribution in [0.1, 0.15) is 18.4 Å². The van der Waals surface area contributed by atoms with E-state index < -0.39 is 17.5 Å². The Balaban J connectivity index is 1.98. The normalized spacial score (nSPS) is 17.4. The summed E-state index contributed by atoms with van der Waals surface area (Å²) in [5.41, 5.74) is -0.0927. The van der Waals surface area contributed by atoms with Crippen molar-refractivity contribution in [1.29, 1.82) is 0 Å². The molecule has 0 spiro atoms. The third-order valence-electron chi connectivity index (χ3n) is 3.01. The molecule has 0 amide bonds. The van der Waals surface area contributed by atoms with Crippen molar-refractivity contribution in [2.24, 2.45) is 0 Å². The summed E-state index contributed by atoms with van der Waals surface area (Å²) in [6.07, 6.45) is 1.87. The number of hydrogen-bond donors (Lipinski definition) is 2. The van der Waals surface area contributed by atoms with Crippen LogP contribution in [0.25, 0.3) is 0 Å². The van der Waals surface area contributed by atoms with Gasteiger partial charge in [0.15, 0.2) is 0 Å². The average Bonchev–Trinajstić information content (AvgIpc) is 2.29. The van der Waals surface area contributed by atoms with E-state index in [0.29, 0.717) is 12.1 Å². The summed E-state index contributed by atoms with van der Waals surface area (Å²) in [6, 6.07) is 1.69. The standard InChI is InChI=1S/C12H15F3N2/c13-8-5-11(14)10(12(15)6-8)7-17-9-1-3-16-4-2-9/h5-6,9,16-17H,1-4,7H2. The smallest absolute Gasteiger partial charge is 0.133 e. The third-order valence-corrected chi connectivity index (χ3v) is 3.01. The van der Waals surface area contributed by atoms with Gasteiger partial charge in [-0.05, 0) is 25.9 Å². The van der Waals surface area contributed by atoms with Crippen molar-refractivity contribution in [3.05, 3.63) is 35.1 Å². The number of hydrogen-bond acceptors (Lipinski definition) is 2. The molecule has 1 aliphatic rings. The molecule has 5 heteroatoms. The molecule has 1 aromatic rings. The summed E-state index contributed by atoms with van der Waals surface area (Å²) in [6.45, 7) is 1.92. The van der Waals surface area contributed by atoms with Crippen LogP contribution in [0.5, 0.6) is 0 Å². The van der Waals surface area contributed by atoms with E-state index in [1.807, 2.05) is 0 Å². The first-order valence-electron chi connectivity index (χ1n) is 5.74. The van der Waals surface area contributed by atoms with Gasteiger partial charge in [0.25, 0.3) is 0 Å². The molecular weight excluding hydrogens is 229 g/mol. The molecule has 0 radical (unpaired) electrons. The number of rotatable bonds is 3. The average molecular weight is 244 g/mol. The topological polar surface area (TPSA) is 24.1 Å². The Bertz CT molecular complexity index is 366. The van der Waals surface area contributed by atoms with Crippen LogP contribution in [0, 0.1) is 17.5 Å². The number of halogens is 3. The van der Waals surface area contributed by atoms with Crippen molar-refractivity contribution in [1.82, 2.24) is 10.6 Å². The lowest BCUT2D eigenvalue weighted by atomic mass is 10.1. The van der Waals surface area contributed by atoms with Crippen LogP contribution >= 0.6 is 0 Å². The minimum atomic E-state index is -0.884. The van der Waals surface area contributed by atoms with Gasteiger partial charge in [-0.15, -0.1) is 0 Å². The summed E-state index contributed by atoms with van der Waals surface area (Å²) >= 11 is 0. The Hall–Kier alpha value is -1.07. The van der Waals surface area contributed by atoms with E-state index in [1.54, 1.807) is 0 Å².